The van der Waals surface area contributed by atoms with Gasteiger partial charge in [0.1, 0.15) is 11.5 Å². The molecule has 0 spiro atoms. The zero-order valence-corrected chi connectivity index (χ0v) is 7.78. The number of esters is 1. The molecular formula is C10H11NO3. The van der Waals surface area contributed by atoms with Crippen LogP contribution in [0.15, 0.2) is 30.4 Å². The average Bonchev–Trinajstić information content (AvgIpc) is 2.11. The summed E-state index contributed by atoms with van der Waals surface area (Å²) in [7, 11) is 0. The van der Waals surface area contributed by atoms with E-state index in [1.165, 1.54) is 18.2 Å². The number of phenolic OH excluding ortho intramolecular Hbond substituents is 1. The van der Waals surface area contributed by atoms with E-state index in [1.54, 1.807) is 6.92 Å². The van der Waals surface area contributed by atoms with Crippen molar-refractivity contribution < 1.29 is 14.6 Å². The van der Waals surface area contributed by atoms with Crippen molar-refractivity contribution in [3.05, 3.63) is 30.4 Å². The Morgan fingerprint density at radius 3 is 2.71 bits per heavy atom. The van der Waals surface area contributed by atoms with Crippen LogP contribution in [0.5, 0.6) is 11.5 Å². The molecule has 0 atom stereocenters. The molecule has 1 rings (SSSR count). The molecule has 1 aromatic rings. The molecule has 1 aromatic carbocycles. The molecule has 0 amide bonds. The first-order valence-corrected chi connectivity index (χ1v) is 3.97. The van der Waals surface area contributed by atoms with E-state index >= 15 is 0 Å². The molecule has 0 aliphatic heterocycles. The molecule has 3 N–H and O–H groups in total. The highest BCUT2D eigenvalue weighted by atomic mass is 16.5. The van der Waals surface area contributed by atoms with Gasteiger partial charge < -0.3 is 15.6 Å². The van der Waals surface area contributed by atoms with Crippen LogP contribution in [0.25, 0.3) is 0 Å². The summed E-state index contributed by atoms with van der Waals surface area (Å²) in [5.74, 6) is -0.407. The number of phenols is 1. The molecule has 14 heavy (non-hydrogen) atoms. The van der Waals surface area contributed by atoms with Gasteiger partial charge in [0.05, 0.1) is 5.69 Å². The Bertz CT molecular complexity index is 385. The Kier molecular flexibility index (Phi) is 2.76. The third kappa shape index (κ3) is 2.26. The van der Waals surface area contributed by atoms with Crippen LogP contribution in [0.3, 0.4) is 0 Å². The minimum atomic E-state index is -0.533. The SMILES string of the molecule is C=C(C)C(=O)Oc1ccc(N)c(O)c1. The minimum absolute atomic E-state index is 0.114. The van der Waals surface area contributed by atoms with Gasteiger partial charge in [0.25, 0.3) is 0 Å². The average molecular weight is 193 g/mol. The minimum Gasteiger partial charge on any atom is -0.506 e. The van der Waals surface area contributed by atoms with E-state index < -0.39 is 5.97 Å². The van der Waals surface area contributed by atoms with E-state index in [9.17, 15) is 9.90 Å². The lowest BCUT2D eigenvalue weighted by Crippen LogP contribution is -2.08. The Morgan fingerprint density at radius 1 is 1.57 bits per heavy atom. The van der Waals surface area contributed by atoms with Gasteiger partial charge in [-0.2, -0.15) is 0 Å². The van der Waals surface area contributed by atoms with Gasteiger partial charge in [0.2, 0.25) is 0 Å². The predicted octanol–water partition coefficient (Wildman–Crippen LogP) is 1.46. The van der Waals surface area contributed by atoms with Crippen LogP contribution in [0.1, 0.15) is 6.92 Å². The molecule has 0 bridgehead atoms. The van der Waals surface area contributed by atoms with E-state index in [0.29, 0.717) is 5.57 Å². The lowest BCUT2D eigenvalue weighted by atomic mass is 10.3. The molecule has 0 unspecified atom stereocenters. The molecular weight excluding hydrogens is 182 g/mol. The molecule has 0 heterocycles. The molecule has 0 aromatic heterocycles. The van der Waals surface area contributed by atoms with Crippen LogP contribution in [-0.2, 0) is 4.79 Å². The number of anilines is 1. The van der Waals surface area contributed by atoms with Gasteiger partial charge in [0.15, 0.2) is 0 Å². The van der Waals surface area contributed by atoms with Crippen LogP contribution in [0, 0.1) is 0 Å². The Morgan fingerprint density at radius 2 is 2.21 bits per heavy atom. The van der Waals surface area contributed by atoms with Gasteiger partial charge in [-0.05, 0) is 19.1 Å². The second-order valence-electron chi connectivity index (χ2n) is 2.89. The van der Waals surface area contributed by atoms with Crippen molar-refractivity contribution in [2.45, 2.75) is 6.92 Å². The topological polar surface area (TPSA) is 72.5 Å². The Hall–Kier alpha value is -1.97. The maximum Gasteiger partial charge on any atom is 0.338 e. The van der Waals surface area contributed by atoms with Crippen LogP contribution in [0.4, 0.5) is 5.69 Å². The van der Waals surface area contributed by atoms with Gasteiger partial charge in [-0.15, -0.1) is 0 Å². The van der Waals surface area contributed by atoms with Crippen molar-refractivity contribution >= 4 is 11.7 Å². The highest BCUT2D eigenvalue weighted by Gasteiger charge is 2.06. The Labute approximate surface area is 81.6 Å². The standard InChI is InChI=1S/C10H11NO3/c1-6(2)10(13)14-7-3-4-8(11)9(12)5-7/h3-5,12H,1,11H2,2H3. The number of hydrogen-bond donors (Lipinski definition) is 2. The maximum absolute atomic E-state index is 11.1. The van der Waals surface area contributed by atoms with Crippen molar-refractivity contribution in [3.63, 3.8) is 0 Å². The fourth-order valence-corrected chi connectivity index (χ4v) is 0.781. The van der Waals surface area contributed by atoms with Gasteiger partial charge in [-0.1, -0.05) is 6.58 Å². The summed E-state index contributed by atoms with van der Waals surface area (Å²) in [5, 5.41) is 9.21. The predicted molar refractivity (Wildman–Crippen MR) is 53.0 cm³/mol. The lowest BCUT2D eigenvalue weighted by molar-refractivity contribution is -0.130. The third-order valence-corrected chi connectivity index (χ3v) is 1.56. The highest BCUT2D eigenvalue weighted by molar-refractivity contribution is 5.88. The van der Waals surface area contributed by atoms with E-state index in [2.05, 4.69) is 6.58 Å². The largest absolute Gasteiger partial charge is 0.506 e. The number of hydrogen-bond acceptors (Lipinski definition) is 4. The fourth-order valence-electron chi connectivity index (χ4n) is 0.781. The summed E-state index contributed by atoms with van der Waals surface area (Å²) < 4.78 is 4.86. The summed E-state index contributed by atoms with van der Waals surface area (Å²) in [5.41, 5.74) is 5.90. The summed E-state index contributed by atoms with van der Waals surface area (Å²) in [6.07, 6.45) is 0. The summed E-state index contributed by atoms with van der Waals surface area (Å²) in [6, 6.07) is 4.22. The molecule has 4 heteroatoms. The number of carbonyl (C=O) groups excluding carboxylic acids is 1. The van der Waals surface area contributed by atoms with Gasteiger partial charge in [0, 0.05) is 11.6 Å². The number of nitrogen functional groups attached to an aromatic ring is 1. The van der Waals surface area contributed by atoms with Gasteiger partial charge in [-0.3, -0.25) is 0 Å². The second-order valence-corrected chi connectivity index (χ2v) is 2.89. The lowest BCUT2D eigenvalue weighted by Gasteiger charge is -2.04. The van der Waals surface area contributed by atoms with Crippen molar-refractivity contribution in [1.82, 2.24) is 0 Å². The van der Waals surface area contributed by atoms with Crippen LogP contribution < -0.4 is 10.5 Å². The van der Waals surface area contributed by atoms with Crippen molar-refractivity contribution in [2.75, 3.05) is 5.73 Å². The van der Waals surface area contributed by atoms with Crippen molar-refractivity contribution in [3.8, 4) is 11.5 Å². The number of benzene rings is 1. The quantitative estimate of drug-likeness (QED) is 0.245. The molecule has 0 radical (unpaired) electrons. The number of rotatable bonds is 2. The number of carbonyl (C=O) groups is 1. The summed E-state index contributed by atoms with van der Waals surface area (Å²) in [6.45, 7) is 4.97. The van der Waals surface area contributed by atoms with Crippen LogP contribution >= 0.6 is 0 Å². The molecule has 0 saturated carbocycles. The van der Waals surface area contributed by atoms with E-state index in [0.717, 1.165) is 0 Å². The van der Waals surface area contributed by atoms with Gasteiger partial charge in [-0.25, -0.2) is 4.79 Å². The number of nitrogens with two attached hydrogens (primary N) is 1. The summed E-state index contributed by atoms with van der Waals surface area (Å²) in [4.78, 5) is 11.1. The molecule has 74 valence electrons. The van der Waals surface area contributed by atoms with Crippen molar-refractivity contribution in [1.29, 1.82) is 0 Å². The normalized spacial score (nSPS) is 9.50. The molecule has 0 aliphatic rings. The zero-order chi connectivity index (χ0) is 10.7. The molecule has 0 aliphatic carbocycles. The van der Waals surface area contributed by atoms with Crippen LogP contribution in [0.2, 0.25) is 0 Å². The number of ether oxygens (including phenoxy) is 1. The van der Waals surface area contributed by atoms with Crippen LogP contribution in [-0.4, -0.2) is 11.1 Å². The maximum atomic E-state index is 11.1. The Balaban J connectivity index is 2.83. The first-order valence-electron chi connectivity index (χ1n) is 3.97. The monoisotopic (exact) mass is 193 g/mol. The molecule has 0 saturated heterocycles. The first kappa shape index (κ1) is 10.1. The second kappa shape index (κ2) is 3.83. The molecule has 0 fully saturated rings. The zero-order valence-electron chi connectivity index (χ0n) is 7.78. The van der Waals surface area contributed by atoms with E-state index in [1.807, 2.05) is 0 Å². The summed E-state index contributed by atoms with van der Waals surface area (Å²) >= 11 is 0. The molecule has 4 nitrogen and oxygen atoms in total. The first-order chi connectivity index (χ1) is 6.50. The smallest absolute Gasteiger partial charge is 0.338 e. The number of aromatic hydroxyl groups is 1. The highest BCUT2D eigenvalue weighted by Crippen LogP contribution is 2.25. The van der Waals surface area contributed by atoms with Crippen molar-refractivity contribution in [2.24, 2.45) is 0 Å². The van der Waals surface area contributed by atoms with E-state index in [4.69, 9.17) is 10.5 Å². The van der Waals surface area contributed by atoms with Gasteiger partial charge >= 0.3 is 5.97 Å². The fraction of sp³-hybridized carbons (Fsp3) is 0.100. The van der Waals surface area contributed by atoms with E-state index in [-0.39, 0.29) is 17.2 Å². The third-order valence-electron chi connectivity index (χ3n) is 1.56.